The maximum absolute atomic E-state index is 13.0. The van der Waals surface area contributed by atoms with Crippen molar-refractivity contribution in [1.82, 2.24) is 5.32 Å². The van der Waals surface area contributed by atoms with E-state index in [4.69, 9.17) is 14.2 Å². The highest BCUT2D eigenvalue weighted by Crippen LogP contribution is 2.23. The zero-order chi connectivity index (χ0) is 48.1. The molecular weight excluding hydrogens is 835 g/mol. The predicted octanol–water partition coefficient (Wildman–Crippen LogP) is 11.3. The lowest BCUT2D eigenvalue weighted by atomic mass is 9.99. The summed E-state index contributed by atoms with van der Waals surface area (Å²) in [6.07, 6.45) is 44.8. The molecule has 11 nitrogen and oxygen atoms in total. The van der Waals surface area contributed by atoms with Gasteiger partial charge in [-0.15, -0.1) is 0 Å². The molecule has 0 aromatic rings. The standard InChI is InChI=1S/C55H99NO10/c1-3-5-7-9-11-13-15-22-25-29-33-37-41-48(58)47(46-65-55-54(63)53(62)52(61)49(45-57)66-55)56-50(59)42-38-34-30-26-23-19-17-16-18-20-24-28-32-36-40-44-64-51(60)43-39-35-31-27-21-14-12-10-8-6-4-2/h9,11,18,20,22,25,37,41,47-49,52-55,57-58,61-63H,3-8,10,12-17,19,21,23-24,26-36,38-40,42-46H2,1-2H3,(H,56,59)/b11-9+,20-18-,25-22+,41-37+. The van der Waals surface area contributed by atoms with Gasteiger partial charge in [-0.25, -0.2) is 0 Å². The minimum absolute atomic E-state index is 0.0320. The first-order chi connectivity index (χ1) is 32.2. The minimum atomic E-state index is -1.59. The van der Waals surface area contributed by atoms with Crippen LogP contribution in [-0.2, 0) is 23.8 Å². The van der Waals surface area contributed by atoms with E-state index >= 15 is 0 Å². The van der Waals surface area contributed by atoms with Gasteiger partial charge in [0.2, 0.25) is 5.91 Å². The van der Waals surface area contributed by atoms with Crippen molar-refractivity contribution < 1.29 is 49.3 Å². The Balaban J connectivity index is 2.19. The molecule has 0 bridgehead atoms. The van der Waals surface area contributed by atoms with Crippen molar-refractivity contribution in [3.05, 3.63) is 48.6 Å². The molecule has 384 valence electrons. The largest absolute Gasteiger partial charge is 0.466 e. The van der Waals surface area contributed by atoms with E-state index in [9.17, 15) is 35.1 Å². The normalized spacial score (nSPS) is 20.0. The summed E-state index contributed by atoms with van der Waals surface area (Å²) in [7, 11) is 0. The number of hydrogen-bond acceptors (Lipinski definition) is 10. The molecule has 0 saturated carbocycles. The van der Waals surface area contributed by atoms with Gasteiger partial charge in [0.1, 0.15) is 24.4 Å². The van der Waals surface area contributed by atoms with Gasteiger partial charge in [-0.2, -0.15) is 0 Å². The Morgan fingerprint density at radius 1 is 0.545 bits per heavy atom. The molecule has 1 saturated heterocycles. The molecule has 0 aromatic heterocycles. The maximum atomic E-state index is 13.0. The van der Waals surface area contributed by atoms with Crippen LogP contribution in [-0.4, -0.2) is 100 Å². The lowest BCUT2D eigenvalue weighted by Crippen LogP contribution is -2.60. The average molecular weight is 934 g/mol. The average Bonchev–Trinajstić information content (AvgIpc) is 3.31. The maximum Gasteiger partial charge on any atom is 0.305 e. The van der Waals surface area contributed by atoms with Gasteiger partial charge in [0.25, 0.3) is 0 Å². The number of carbonyl (C=O) groups is 2. The molecule has 1 fully saturated rings. The number of allylic oxidation sites excluding steroid dienone is 7. The van der Waals surface area contributed by atoms with Crippen molar-refractivity contribution >= 4 is 11.9 Å². The first kappa shape index (κ1) is 61.6. The number of rotatable bonds is 45. The highest BCUT2D eigenvalue weighted by Gasteiger charge is 2.44. The summed E-state index contributed by atoms with van der Waals surface area (Å²) < 4.78 is 16.6. The Bertz CT molecular complexity index is 1240. The zero-order valence-electron chi connectivity index (χ0n) is 41.9. The lowest BCUT2D eigenvalue weighted by Gasteiger charge is -2.40. The quantitative estimate of drug-likeness (QED) is 0.0196. The topological polar surface area (TPSA) is 175 Å². The molecular formula is C55H99NO10. The molecule has 1 amide bonds. The van der Waals surface area contributed by atoms with Crippen molar-refractivity contribution in [2.75, 3.05) is 19.8 Å². The summed E-state index contributed by atoms with van der Waals surface area (Å²) in [6, 6.07) is -0.845. The third kappa shape index (κ3) is 34.8. The van der Waals surface area contributed by atoms with Crippen LogP contribution in [0.15, 0.2) is 48.6 Å². The Labute approximate surface area is 402 Å². The molecule has 0 aromatic carbocycles. The molecule has 66 heavy (non-hydrogen) atoms. The second kappa shape index (κ2) is 45.1. The van der Waals surface area contributed by atoms with Crippen LogP contribution in [0.25, 0.3) is 0 Å². The van der Waals surface area contributed by atoms with Gasteiger partial charge >= 0.3 is 5.97 Å². The van der Waals surface area contributed by atoms with Gasteiger partial charge in [-0.1, -0.05) is 184 Å². The third-order valence-electron chi connectivity index (χ3n) is 12.4. The molecule has 1 aliphatic heterocycles. The van der Waals surface area contributed by atoms with Crippen molar-refractivity contribution in [2.24, 2.45) is 0 Å². The molecule has 1 heterocycles. The number of aliphatic hydroxyl groups is 5. The van der Waals surface area contributed by atoms with Crippen LogP contribution in [0.3, 0.4) is 0 Å². The fourth-order valence-electron chi connectivity index (χ4n) is 8.03. The van der Waals surface area contributed by atoms with E-state index in [1.807, 2.05) is 6.08 Å². The summed E-state index contributed by atoms with van der Waals surface area (Å²) in [5, 5.41) is 54.2. The van der Waals surface area contributed by atoms with Crippen LogP contribution < -0.4 is 5.32 Å². The number of carbonyl (C=O) groups excluding carboxylic acids is 2. The first-order valence-corrected chi connectivity index (χ1v) is 26.9. The number of ether oxygens (including phenoxy) is 3. The van der Waals surface area contributed by atoms with Crippen molar-refractivity contribution in [2.45, 2.75) is 269 Å². The second-order valence-corrected chi connectivity index (χ2v) is 18.6. The van der Waals surface area contributed by atoms with Crippen LogP contribution in [0.5, 0.6) is 0 Å². The molecule has 1 aliphatic rings. The number of amides is 1. The van der Waals surface area contributed by atoms with E-state index in [2.05, 4.69) is 55.6 Å². The van der Waals surface area contributed by atoms with Crippen molar-refractivity contribution in [3.63, 3.8) is 0 Å². The van der Waals surface area contributed by atoms with E-state index in [1.165, 1.54) is 103 Å². The number of nitrogens with one attached hydrogen (secondary N) is 1. The molecule has 7 unspecified atom stereocenters. The molecule has 1 rings (SSSR count). The predicted molar refractivity (Wildman–Crippen MR) is 269 cm³/mol. The van der Waals surface area contributed by atoms with E-state index < -0.39 is 49.5 Å². The van der Waals surface area contributed by atoms with Crippen LogP contribution in [0.4, 0.5) is 0 Å². The monoisotopic (exact) mass is 934 g/mol. The van der Waals surface area contributed by atoms with E-state index in [0.29, 0.717) is 25.9 Å². The second-order valence-electron chi connectivity index (χ2n) is 18.6. The zero-order valence-corrected chi connectivity index (χ0v) is 41.9. The number of unbranched alkanes of at least 4 members (excludes halogenated alkanes) is 25. The van der Waals surface area contributed by atoms with Gasteiger partial charge in [-0.3, -0.25) is 9.59 Å². The summed E-state index contributed by atoms with van der Waals surface area (Å²) in [5.41, 5.74) is 0. The van der Waals surface area contributed by atoms with Gasteiger partial charge < -0.3 is 45.1 Å². The molecule has 0 aliphatic carbocycles. The smallest absolute Gasteiger partial charge is 0.305 e. The summed E-state index contributed by atoms with van der Waals surface area (Å²) in [6.45, 7) is 4.20. The minimum Gasteiger partial charge on any atom is -0.466 e. The van der Waals surface area contributed by atoms with Gasteiger partial charge in [-0.05, 0) is 77.0 Å². The number of aliphatic hydroxyl groups excluding tert-OH is 5. The third-order valence-corrected chi connectivity index (χ3v) is 12.4. The summed E-state index contributed by atoms with van der Waals surface area (Å²) >= 11 is 0. The van der Waals surface area contributed by atoms with Gasteiger partial charge in [0.15, 0.2) is 6.29 Å². The Morgan fingerprint density at radius 3 is 1.55 bits per heavy atom. The fraction of sp³-hybridized carbons (Fsp3) is 0.818. The molecule has 7 atom stereocenters. The molecule has 0 radical (unpaired) electrons. The van der Waals surface area contributed by atoms with Gasteiger partial charge in [0.05, 0.1) is 32.0 Å². The van der Waals surface area contributed by atoms with E-state index in [-0.39, 0.29) is 18.5 Å². The summed E-state index contributed by atoms with van der Waals surface area (Å²) in [5.74, 6) is -0.246. The number of esters is 1. The van der Waals surface area contributed by atoms with Crippen LogP contribution in [0, 0.1) is 0 Å². The number of hydrogen-bond donors (Lipinski definition) is 6. The van der Waals surface area contributed by atoms with Crippen molar-refractivity contribution in [3.8, 4) is 0 Å². The SMILES string of the molecule is CCCC/C=C/CC/C=C/CC/C=C/C(O)C(COC1OC(CO)C(O)C(O)C1O)NC(=O)CCCCCCCCC/C=C\CCCCCCOC(=O)CCCCCCCCCCCCC. The lowest BCUT2D eigenvalue weighted by molar-refractivity contribution is -0.302. The highest BCUT2D eigenvalue weighted by molar-refractivity contribution is 5.76. The summed E-state index contributed by atoms with van der Waals surface area (Å²) in [4.78, 5) is 25.0. The van der Waals surface area contributed by atoms with Gasteiger partial charge in [0, 0.05) is 12.8 Å². The molecule has 11 heteroatoms. The highest BCUT2D eigenvalue weighted by atomic mass is 16.7. The molecule has 0 spiro atoms. The van der Waals surface area contributed by atoms with Crippen molar-refractivity contribution in [1.29, 1.82) is 0 Å². The van der Waals surface area contributed by atoms with Crippen LogP contribution in [0.1, 0.15) is 226 Å². The van der Waals surface area contributed by atoms with Crippen LogP contribution in [0.2, 0.25) is 0 Å². The Hall–Kier alpha value is -2.38. The first-order valence-electron chi connectivity index (χ1n) is 26.9. The van der Waals surface area contributed by atoms with E-state index in [1.54, 1.807) is 6.08 Å². The molecule has 6 N–H and O–H groups in total. The fourth-order valence-corrected chi connectivity index (χ4v) is 8.03. The Morgan fingerprint density at radius 2 is 1.00 bits per heavy atom. The Kier molecular flexibility index (Phi) is 42.1. The van der Waals surface area contributed by atoms with Crippen LogP contribution >= 0.6 is 0 Å². The van der Waals surface area contributed by atoms with E-state index in [0.717, 1.165) is 89.9 Å².